The molecule has 4 rings (SSSR count). The van der Waals surface area contributed by atoms with Gasteiger partial charge in [0, 0.05) is 18.7 Å². The zero-order chi connectivity index (χ0) is 19.3. The van der Waals surface area contributed by atoms with E-state index < -0.39 is 0 Å². The first-order valence-corrected chi connectivity index (χ1v) is 9.62. The van der Waals surface area contributed by atoms with E-state index in [0.29, 0.717) is 25.4 Å². The molecule has 6 heteroatoms. The Bertz CT molecular complexity index is 948. The molecule has 2 heterocycles. The predicted molar refractivity (Wildman–Crippen MR) is 109 cm³/mol. The van der Waals surface area contributed by atoms with Gasteiger partial charge in [0.1, 0.15) is 11.8 Å². The van der Waals surface area contributed by atoms with Crippen LogP contribution >= 0.6 is 0 Å². The molecule has 0 saturated carbocycles. The quantitative estimate of drug-likeness (QED) is 0.658. The van der Waals surface area contributed by atoms with Crippen LogP contribution in [0.15, 0.2) is 60.7 Å². The van der Waals surface area contributed by atoms with Crippen LogP contribution in [0.2, 0.25) is 0 Å². The summed E-state index contributed by atoms with van der Waals surface area (Å²) >= 11 is 0. The van der Waals surface area contributed by atoms with Gasteiger partial charge >= 0.3 is 0 Å². The normalized spacial score (nSPS) is 15.5. The summed E-state index contributed by atoms with van der Waals surface area (Å²) in [5.74, 6) is 2.30. The zero-order valence-electron chi connectivity index (χ0n) is 15.9. The first-order valence-electron chi connectivity index (χ1n) is 9.62. The summed E-state index contributed by atoms with van der Waals surface area (Å²) in [5.41, 5.74) is 3.22. The summed E-state index contributed by atoms with van der Waals surface area (Å²) in [6.07, 6.45) is 3.47. The summed E-state index contributed by atoms with van der Waals surface area (Å²) in [4.78, 5) is 4.65. The second-order valence-corrected chi connectivity index (χ2v) is 6.64. The number of ether oxygens (including phenoxy) is 1. The van der Waals surface area contributed by atoms with Crippen molar-refractivity contribution >= 4 is 11.6 Å². The molecule has 0 radical (unpaired) electrons. The third-order valence-corrected chi connectivity index (χ3v) is 4.69. The van der Waals surface area contributed by atoms with Gasteiger partial charge in [0.15, 0.2) is 5.82 Å². The van der Waals surface area contributed by atoms with E-state index in [1.807, 2.05) is 41.9 Å². The fourth-order valence-electron chi connectivity index (χ4n) is 3.33. The first kappa shape index (κ1) is 18.3. The molecule has 0 spiro atoms. The molecule has 2 aromatic carbocycles. The van der Waals surface area contributed by atoms with Crippen molar-refractivity contribution in [3.05, 3.63) is 77.6 Å². The summed E-state index contributed by atoms with van der Waals surface area (Å²) in [6.45, 7) is 2.75. The second-order valence-electron chi connectivity index (χ2n) is 6.64. The number of allylic oxidation sites excluding steroid dienone is 1. The Hall–Kier alpha value is -3.12. The topological polar surface area (TPSA) is 72.2 Å². The number of aliphatic hydroxyl groups excluding tert-OH is 1. The van der Waals surface area contributed by atoms with Crippen LogP contribution in [0.3, 0.4) is 0 Å². The summed E-state index contributed by atoms with van der Waals surface area (Å²) < 4.78 is 7.48. The lowest BCUT2D eigenvalue weighted by atomic mass is 10.0. The molecule has 0 saturated heterocycles. The zero-order valence-corrected chi connectivity index (χ0v) is 15.9. The molecule has 0 fully saturated rings. The number of fused-ring (bicyclic) bond motifs is 1. The fraction of sp³-hybridized carbons (Fsp3) is 0.273. The molecule has 0 aliphatic carbocycles. The van der Waals surface area contributed by atoms with Crippen molar-refractivity contribution < 1.29 is 9.84 Å². The molecular weight excluding hydrogens is 352 g/mol. The maximum Gasteiger partial charge on any atom is 0.226 e. The number of hydrogen-bond acceptors (Lipinski definition) is 5. The van der Waals surface area contributed by atoms with E-state index in [1.54, 1.807) is 0 Å². The van der Waals surface area contributed by atoms with E-state index in [0.717, 1.165) is 28.4 Å². The molecule has 2 N–H and O–H groups in total. The highest BCUT2D eigenvalue weighted by Gasteiger charge is 2.25. The van der Waals surface area contributed by atoms with Crippen molar-refractivity contribution in [2.24, 2.45) is 0 Å². The van der Waals surface area contributed by atoms with Crippen molar-refractivity contribution in [3.63, 3.8) is 0 Å². The molecule has 144 valence electrons. The highest BCUT2D eigenvalue weighted by molar-refractivity contribution is 5.77. The van der Waals surface area contributed by atoms with E-state index in [9.17, 15) is 0 Å². The van der Waals surface area contributed by atoms with Gasteiger partial charge in [-0.25, -0.2) is 4.68 Å². The maximum absolute atomic E-state index is 9.12. The van der Waals surface area contributed by atoms with Crippen molar-refractivity contribution in [3.8, 4) is 5.75 Å². The van der Waals surface area contributed by atoms with Gasteiger partial charge in [-0.3, -0.25) is 0 Å². The van der Waals surface area contributed by atoms with E-state index in [4.69, 9.17) is 9.84 Å². The molecule has 28 heavy (non-hydrogen) atoms. The third kappa shape index (κ3) is 3.77. The van der Waals surface area contributed by atoms with Gasteiger partial charge in [-0.1, -0.05) is 42.5 Å². The van der Waals surface area contributed by atoms with Gasteiger partial charge < -0.3 is 15.2 Å². The number of anilines is 1. The van der Waals surface area contributed by atoms with Crippen LogP contribution in [0.5, 0.6) is 5.75 Å². The van der Waals surface area contributed by atoms with Crippen LogP contribution < -0.4 is 10.1 Å². The van der Waals surface area contributed by atoms with Gasteiger partial charge in [0.05, 0.1) is 6.61 Å². The largest absolute Gasteiger partial charge is 0.494 e. The average Bonchev–Trinajstić information content (AvgIpc) is 3.16. The SMILES string of the molecule is CCOc1ccc([C@@H]2C=C(c3ccccc3)Nc3nc(CCCO)nn32)cc1. The van der Waals surface area contributed by atoms with Crippen LogP contribution in [-0.4, -0.2) is 33.1 Å². The standard InChI is InChI=1S/C22H24N4O2/c1-2-28-18-12-10-17(11-13-18)20-15-19(16-7-4-3-5-8-16)23-22-24-21(9-6-14-27)25-26(20)22/h3-5,7-8,10-13,15,20,27H,2,6,9,14H2,1H3,(H,23,24,25)/t20-/m0/s1. The Labute approximate surface area is 164 Å². The Kier molecular flexibility index (Phi) is 5.39. The van der Waals surface area contributed by atoms with Gasteiger partial charge in [-0.15, -0.1) is 0 Å². The van der Waals surface area contributed by atoms with Gasteiger partial charge in [0.2, 0.25) is 5.95 Å². The molecule has 0 bridgehead atoms. The fourth-order valence-corrected chi connectivity index (χ4v) is 3.33. The number of nitrogens with one attached hydrogen (secondary N) is 1. The highest BCUT2D eigenvalue weighted by Crippen LogP contribution is 2.33. The van der Waals surface area contributed by atoms with Crippen LogP contribution in [0.1, 0.15) is 36.3 Å². The Balaban J connectivity index is 1.72. The van der Waals surface area contributed by atoms with Gasteiger partial charge in [0.25, 0.3) is 0 Å². The number of hydrogen-bond donors (Lipinski definition) is 2. The number of aryl methyl sites for hydroxylation is 1. The van der Waals surface area contributed by atoms with Crippen molar-refractivity contribution in [2.75, 3.05) is 18.5 Å². The number of aliphatic hydroxyl groups is 1. The van der Waals surface area contributed by atoms with Crippen molar-refractivity contribution in [2.45, 2.75) is 25.8 Å². The molecule has 1 aliphatic rings. The average molecular weight is 376 g/mol. The highest BCUT2D eigenvalue weighted by atomic mass is 16.5. The second kappa shape index (κ2) is 8.27. The van der Waals surface area contributed by atoms with E-state index in [2.05, 4.69) is 45.7 Å². The van der Waals surface area contributed by atoms with E-state index in [1.165, 1.54) is 0 Å². The Morgan fingerprint density at radius 3 is 2.61 bits per heavy atom. The lowest BCUT2D eigenvalue weighted by Crippen LogP contribution is -2.20. The molecule has 3 aromatic rings. The van der Waals surface area contributed by atoms with Gasteiger partial charge in [-0.2, -0.15) is 10.1 Å². The maximum atomic E-state index is 9.12. The molecule has 6 nitrogen and oxygen atoms in total. The smallest absolute Gasteiger partial charge is 0.226 e. The summed E-state index contributed by atoms with van der Waals surface area (Å²) in [6, 6.07) is 18.2. The van der Waals surface area contributed by atoms with E-state index >= 15 is 0 Å². The molecular formula is C22H24N4O2. The lowest BCUT2D eigenvalue weighted by molar-refractivity contribution is 0.287. The number of aromatic nitrogens is 3. The van der Waals surface area contributed by atoms with Crippen LogP contribution in [-0.2, 0) is 6.42 Å². The number of benzene rings is 2. The minimum Gasteiger partial charge on any atom is -0.494 e. The molecule has 1 aromatic heterocycles. The van der Waals surface area contributed by atoms with Crippen molar-refractivity contribution in [1.29, 1.82) is 0 Å². The third-order valence-electron chi connectivity index (χ3n) is 4.69. The lowest BCUT2D eigenvalue weighted by Gasteiger charge is -2.24. The minimum absolute atomic E-state index is 0.0718. The minimum atomic E-state index is -0.0718. The number of nitrogens with zero attached hydrogens (tertiary/aromatic N) is 3. The molecule has 1 aliphatic heterocycles. The number of rotatable bonds is 7. The van der Waals surface area contributed by atoms with Crippen molar-refractivity contribution in [1.82, 2.24) is 14.8 Å². The molecule has 1 atom stereocenters. The predicted octanol–water partition coefficient (Wildman–Crippen LogP) is 3.66. The summed E-state index contributed by atoms with van der Waals surface area (Å²) in [5, 5.41) is 17.2. The van der Waals surface area contributed by atoms with Crippen LogP contribution in [0.4, 0.5) is 5.95 Å². The monoisotopic (exact) mass is 376 g/mol. The Morgan fingerprint density at radius 2 is 1.89 bits per heavy atom. The first-order chi connectivity index (χ1) is 13.8. The van der Waals surface area contributed by atoms with Crippen LogP contribution in [0, 0.1) is 0 Å². The van der Waals surface area contributed by atoms with Crippen LogP contribution in [0.25, 0.3) is 5.70 Å². The Morgan fingerprint density at radius 1 is 1.11 bits per heavy atom. The molecule has 0 unspecified atom stereocenters. The van der Waals surface area contributed by atoms with Gasteiger partial charge in [-0.05, 0) is 42.7 Å². The molecule has 0 amide bonds. The summed E-state index contributed by atoms with van der Waals surface area (Å²) in [7, 11) is 0. The van der Waals surface area contributed by atoms with E-state index in [-0.39, 0.29) is 12.6 Å².